The second-order valence-corrected chi connectivity index (χ2v) is 9.41. The van der Waals surface area contributed by atoms with E-state index in [1.807, 2.05) is 0 Å². The molecule has 5 nitrogen and oxygen atoms in total. The van der Waals surface area contributed by atoms with E-state index in [4.69, 9.17) is 9.31 Å². The Balaban J connectivity index is 1.35. The Morgan fingerprint density at radius 1 is 0.889 bits per heavy atom. The molecule has 148 valence electrons. The van der Waals surface area contributed by atoms with Crippen LogP contribution in [0.25, 0.3) is 0 Å². The Kier molecular flexibility index (Phi) is 5.04. The Labute approximate surface area is 164 Å². The molecular weight excluding hydrogens is 337 g/mol. The lowest BCUT2D eigenvalue weighted by Gasteiger charge is -2.39. The number of likely N-dealkylation sites (tertiary alicyclic amines) is 1. The van der Waals surface area contributed by atoms with Crippen molar-refractivity contribution in [1.82, 2.24) is 9.80 Å². The number of anilines is 1. The van der Waals surface area contributed by atoms with E-state index in [0.29, 0.717) is 0 Å². The van der Waals surface area contributed by atoms with Crippen molar-refractivity contribution in [3.63, 3.8) is 0 Å². The van der Waals surface area contributed by atoms with Crippen molar-refractivity contribution in [2.24, 2.45) is 0 Å². The van der Waals surface area contributed by atoms with Crippen molar-refractivity contribution in [2.45, 2.75) is 51.4 Å². The summed E-state index contributed by atoms with van der Waals surface area (Å²) >= 11 is 0. The standard InChI is InChI=1S/C21H34BN3O2/c1-20(2)21(3,4)27-22(26-20)17-6-8-18(9-7-17)24-12-14-25(15-13-24)19-10-11-23(5)16-19/h6-9,19H,10-16H2,1-5H3. The van der Waals surface area contributed by atoms with Crippen LogP contribution in [0, 0.1) is 0 Å². The lowest BCUT2D eigenvalue weighted by atomic mass is 9.79. The van der Waals surface area contributed by atoms with Crippen molar-refractivity contribution in [3.8, 4) is 0 Å². The largest absolute Gasteiger partial charge is 0.494 e. The minimum atomic E-state index is -0.291. The van der Waals surface area contributed by atoms with Gasteiger partial charge in [-0.15, -0.1) is 0 Å². The summed E-state index contributed by atoms with van der Waals surface area (Å²) in [5, 5.41) is 0. The van der Waals surface area contributed by atoms with Crippen LogP contribution in [-0.4, -0.2) is 80.5 Å². The molecule has 3 saturated heterocycles. The van der Waals surface area contributed by atoms with Gasteiger partial charge in [-0.1, -0.05) is 12.1 Å². The van der Waals surface area contributed by atoms with Crippen LogP contribution in [0.3, 0.4) is 0 Å². The van der Waals surface area contributed by atoms with Crippen molar-refractivity contribution in [3.05, 3.63) is 24.3 Å². The minimum Gasteiger partial charge on any atom is -0.399 e. The normalized spacial score (nSPS) is 28.9. The third-order valence-electron chi connectivity index (χ3n) is 6.98. The predicted molar refractivity (Wildman–Crippen MR) is 112 cm³/mol. The molecule has 1 unspecified atom stereocenters. The van der Waals surface area contributed by atoms with Crippen molar-refractivity contribution >= 4 is 18.3 Å². The molecule has 0 radical (unpaired) electrons. The number of hydrogen-bond donors (Lipinski definition) is 0. The maximum Gasteiger partial charge on any atom is 0.494 e. The van der Waals surface area contributed by atoms with Crippen LogP contribution in [0.5, 0.6) is 0 Å². The van der Waals surface area contributed by atoms with E-state index in [2.05, 4.69) is 73.7 Å². The molecule has 3 fully saturated rings. The molecule has 6 heteroatoms. The van der Waals surface area contributed by atoms with Gasteiger partial charge >= 0.3 is 7.12 Å². The minimum absolute atomic E-state index is 0.278. The van der Waals surface area contributed by atoms with Gasteiger partial charge in [0, 0.05) is 44.5 Å². The molecule has 1 aromatic rings. The summed E-state index contributed by atoms with van der Waals surface area (Å²) in [7, 11) is 1.96. The van der Waals surface area contributed by atoms with E-state index < -0.39 is 0 Å². The first-order valence-corrected chi connectivity index (χ1v) is 10.4. The highest BCUT2D eigenvalue weighted by Crippen LogP contribution is 2.36. The second-order valence-electron chi connectivity index (χ2n) is 9.41. The number of likely N-dealkylation sites (N-methyl/N-ethyl adjacent to an activating group) is 1. The van der Waals surface area contributed by atoms with Crippen molar-refractivity contribution in [2.75, 3.05) is 51.2 Å². The van der Waals surface area contributed by atoms with E-state index >= 15 is 0 Å². The number of piperazine rings is 1. The fourth-order valence-electron chi connectivity index (χ4n) is 4.38. The zero-order valence-corrected chi connectivity index (χ0v) is 17.6. The van der Waals surface area contributed by atoms with Gasteiger partial charge in [-0.05, 0) is 65.3 Å². The van der Waals surface area contributed by atoms with Crippen LogP contribution >= 0.6 is 0 Å². The molecule has 3 heterocycles. The number of benzene rings is 1. The second kappa shape index (κ2) is 7.07. The fourth-order valence-corrected chi connectivity index (χ4v) is 4.38. The zero-order valence-electron chi connectivity index (χ0n) is 17.6. The highest BCUT2D eigenvalue weighted by atomic mass is 16.7. The van der Waals surface area contributed by atoms with E-state index in [-0.39, 0.29) is 18.3 Å². The molecule has 0 aromatic heterocycles. The molecule has 0 aliphatic carbocycles. The quantitative estimate of drug-likeness (QED) is 0.756. The van der Waals surface area contributed by atoms with Crippen LogP contribution in [0.1, 0.15) is 34.1 Å². The summed E-state index contributed by atoms with van der Waals surface area (Å²) in [5.41, 5.74) is 1.82. The first-order chi connectivity index (χ1) is 12.7. The average Bonchev–Trinajstić information content (AvgIpc) is 3.16. The lowest BCUT2D eigenvalue weighted by Crippen LogP contribution is -2.51. The van der Waals surface area contributed by atoms with E-state index in [9.17, 15) is 0 Å². The van der Waals surface area contributed by atoms with Gasteiger partial charge in [0.25, 0.3) is 0 Å². The summed E-state index contributed by atoms with van der Waals surface area (Å²) in [4.78, 5) is 7.63. The third kappa shape index (κ3) is 3.77. The van der Waals surface area contributed by atoms with Crippen LogP contribution < -0.4 is 10.4 Å². The third-order valence-corrected chi connectivity index (χ3v) is 6.98. The molecule has 0 amide bonds. The van der Waals surface area contributed by atoms with Gasteiger partial charge in [-0.25, -0.2) is 0 Å². The van der Waals surface area contributed by atoms with Crippen LogP contribution in [0.4, 0.5) is 5.69 Å². The Bertz CT molecular complexity index is 640. The van der Waals surface area contributed by atoms with Gasteiger partial charge in [0.1, 0.15) is 0 Å². The highest BCUT2D eigenvalue weighted by Gasteiger charge is 2.51. The zero-order chi connectivity index (χ0) is 19.2. The van der Waals surface area contributed by atoms with Crippen LogP contribution in [0.15, 0.2) is 24.3 Å². The van der Waals surface area contributed by atoms with E-state index in [1.54, 1.807) is 0 Å². The van der Waals surface area contributed by atoms with E-state index in [1.165, 1.54) is 25.2 Å². The monoisotopic (exact) mass is 371 g/mol. The summed E-state index contributed by atoms with van der Waals surface area (Å²) in [6.07, 6.45) is 1.32. The van der Waals surface area contributed by atoms with Gasteiger partial charge in [0.05, 0.1) is 11.2 Å². The maximum atomic E-state index is 6.17. The van der Waals surface area contributed by atoms with Gasteiger partial charge in [-0.2, -0.15) is 0 Å². The molecule has 0 bridgehead atoms. The molecule has 0 N–H and O–H groups in total. The average molecular weight is 371 g/mol. The highest BCUT2D eigenvalue weighted by molar-refractivity contribution is 6.62. The summed E-state index contributed by atoms with van der Waals surface area (Å²) in [6, 6.07) is 9.52. The van der Waals surface area contributed by atoms with Gasteiger partial charge < -0.3 is 19.1 Å². The van der Waals surface area contributed by atoms with E-state index in [0.717, 1.165) is 37.7 Å². The lowest BCUT2D eigenvalue weighted by molar-refractivity contribution is 0.00578. The summed E-state index contributed by atoms with van der Waals surface area (Å²) in [6.45, 7) is 15.4. The topological polar surface area (TPSA) is 28.2 Å². The SMILES string of the molecule is CN1CCC(N2CCN(c3ccc(B4OC(C)(C)C(C)(C)O4)cc3)CC2)C1. The first kappa shape index (κ1) is 19.3. The van der Waals surface area contributed by atoms with Gasteiger partial charge in [-0.3, -0.25) is 4.90 Å². The van der Waals surface area contributed by atoms with Gasteiger partial charge in [0.2, 0.25) is 0 Å². The van der Waals surface area contributed by atoms with Gasteiger partial charge in [0.15, 0.2) is 0 Å². The van der Waals surface area contributed by atoms with Crippen LogP contribution in [-0.2, 0) is 9.31 Å². The van der Waals surface area contributed by atoms with Crippen molar-refractivity contribution < 1.29 is 9.31 Å². The summed E-state index contributed by atoms with van der Waals surface area (Å²) < 4.78 is 12.3. The molecular formula is C21H34BN3O2. The molecule has 3 aliphatic heterocycles. The first-order valence-electron chi connectivity index (χ1n) is 10.4. The maximum absolute atomic E-state index is 6.17. The molecule has 3 aliphatic rings. The molecule has 0 saturated carbocycles. The Morgan fingerprint density at radius 3 is 2.00 bits per heavy atom. The molecule has 27 heavy (non-hydrogen) atoms. The molecule has 1 atom stereocenters. The number of rotatable bonds is 3. The molecule has 0 spiro atoms. The predicted octanol–water partition coefficient (Wildman–Crippen LogP) is 1.81. The number of hydrogen-bond acceptors (Lipinski definition) is 5. The smallest absolute Gasteiger partial charge is 0.399 e. The number of nitrogens with zero attached hydrogens (tertiary/aromatic N) is 3. The van der Waals surface area contributed by atoms with Crippen LogP contribution in [0.2, 0.25) is 0 Å². The fraction of sp³-hybridized carbons (Fsp3) is 0.714. The van der Waals surface area contributed by atoms with Crippen molar-refractivity contribution in [1.29, 1.82) is 0 Å². The summed E-state index contributed by atoms with van der Waals surface area (Å²) in [5.74, 6) is 0. The Morgan fingerprint density at radius 2 is 1.48 bits per heavy atom. The molecule has 4 rings (SSSR count). The Hall–Kier alpha value is -1.08. The molecule has 1 aromatic carbocycles.